The van der Waals surface area contributed by atoms with E-state index in [1.165, 1.54) is 4.88 Å². The Kier molecular flexibility index (Phi) is 6.86. The molecule has 4 aromatic heterocycles. The number of thiophene rings is 1. The van der Waals surface area contributed by atoms with Crippen molar-refractivity contribution in [2.45, 2.75) is 53.1 Å². The van der Waals surface area contributed by atoms with Crippen LogP contribution in [0.3, 0.4) is 0 Å². The Morgan fingerprint density at radius 3 is 2.78 bits per heavy atom. The van der Waals surface area contributed by atoms with Crippen molar-refractivity contribution in [1.82, 2.24) is 19.9 Å². The molecule has 4 aromatic rings. The smallest absolute Gasteiger partial charge is 0.253 e. The largest absolute Gasteiger partial charge is 0.350 e. The maximum Gasteiger partial charge on any atom is 0.253 e. The van der Waals surface area contributed by atoms with Crippen molar-refractivity contribution < 1.29 is 4.79 Å². The fraction of sp³-hybridized carbons (Fsp3) is 0.320. The van der Waals surface area contributed by atoms with Crippen LogP contribution in [0.4, 0.5) is 0 Å². The molecular formula is C25H28N4OS2. The lowest BCUT2D eigenvalue weighted by Gasteiger charge is -2.12. The van der Waals surface area contributed by atoms with Gasteiger partial charge in [-0.25, -0.2) is 4.98 Å². The zero-order valence-electron chi connectivity index (χ0n) is 18.9. The van der Waals surface area contributed by atoms with E-state index in [0.29, 0.717) is 5.56 Å². The van der Waals surface area contributed by atoms with Gasteiger partial charge >= 0.3 is 0 Å². The van der Waals surface area contributed by atoms with Gasteiger partial charge in [-0.15, -0.1) is 22.7 Å². The summed E-state index contributed by atoms with van der Waals surface area (Å²) in [6.07, 6.45) is 3.63. The van der Waals surface area contributed by atoms with Gasteiger partial charge in [-0.05, 0) is 56.3 Å². The lowest BCUT2D eigenvalue weighted by atomic mass is 10.2. The molecule has 0 spiro atoms. The second-order valence-corrected chi connectivity index (χ2v) is 9.79. The Hall–Kier alpha value is -2.77. The van der Waals surface area contributed by atoms with Gasteiger partial charge in [-0.3, -0.25) is 9.78 Å². The Labute approximate surface area is 197 Å². The van der Waals surface area contributed by atoms with Gasteiger partial charge in [-0.2, -0.15) is 0 Å². The number of nitrogens with zero attached hydrogens (tertiary/aromatic N) is 3. The maximum atomic E-state index is 13.0. The molecule has 0 aliphatic rings. The predicted molar refractivity (Wildman–Crippen MR) is 134 cm³/mol. The van der Waals surface area contributed by atoms with E-state index in [-0.39, 0.29) is 11.9 Å². The second-order valence-electron chi connectivity index (χ2n) is 7.90. The second kappa shape index (κ2) is 9.79. The molecule has 166 valence electrons. The fourth-order valence-corrected chi connectivity index (χ4v) is 5.09. The molecule has 4 heterocycles. The molecule has 5 nitrogen and oxygen atoms in total. The van der Waals surface area contributed by atoms with Gasteiger partial charge in [-0.1, -0.05) is 19.9 Å². The summed E-state index contributed by atoms with van der Waals surface area (Å²) in [5.41, 5.74) is 5.67. The molecule has 0 radical (unpaired) electrons. The number of nitrogens with one attached hydrogen (secondary N) is 1. The summed E-state index contributed by atoms with van der Waals surface area (Å²) in [5, 5.41) is 8.23. The number of aryl methyl sites for hydroxylation is 1. The highest BCUT2D eigenvalue weighted by Gasteiger charge is 2.21. The lowest BCUT2D eigenvalue weighted by molar-refractivity contribution is 0.0938. The van der Waals surface area contributed by atoms with E-state index >= 15 is 0 Å². The minimum absolute atomic E-state index is 0.0276. The third-order valence-corrected chi connectivity index (χ3v) is 7.44. The molecule has 1 unspecified atom stereocenters. The van der Waals surface area contributed by atoms with E-state index in [1.54, 1.807) is 22.7 Å². The molecule has 4 rings (SSSR count). The normalized spacial score (nSPS) is 12.1. The Morgan fingerprint density at radius 1 is 1.22 bits per heavy atom. The van der Waals surface area contributed by atoms with Crippen molar-refractivity contribution in [2.24, 2.45) is 0 Å². The Balaban J connectivity index is 1.74. The molecule has 1 atom stereocenters. The number of amides is 1. The molecule has 0 aliphatic heterocycles. The highest BCUT2D eigenvalue weighted by molar-refractivity contribution is 7.13. The third-order valence-electron chi connectivity index (χ3n) is 5.69. The zero-order valence-corrected chi connectivity index (χ0v) is 20.5. The predicted octanol–water partition coefficient (Wildman–Crippen LogP) is 6.18. The zero-order chi connectivity index (χ0) is 22.7. The first-order valence-corrected chi connectivity index (χ1v) is 12.7. The van der Waals surface area contributed by atoms with E-state index in [2.05, 4.69) is 57.7 Å². The number of carbonyl (C=O) groups is 1. The number of pyridine rings is 1. The first kappa shape index (κ1) is 22.4. The van der Waals surface area contributed by atoms with Crippen molar-refractivity contribution in [3.8, 4) is 22.0 Å². The monoisotopic (exact) mass is 464 g/mol. The maximum absolute atomic E-state index is 13.0. The summed E-state index contributed by atoms with van der Waals surface area (Å²) >= 11 is 3.34. The summed E-state index contributed by atoms with van der Waals surface area (Å²) in [5.74, 6) is -0.0276. The van der Waals surface area contributed by atoms with Gasteiger partial charge in [0.25, 0.3) is 5.91 Å². The van der Waals surface area contributed by atoms with E-state index in [4.69, 9.17) is 4.98 Å². The average molecular weight is 465 g/mol. The van der Waals surface area contributed by atoms with Crippen LogP contribution in [0.5, 0.6) is 0 Å². The molecule has 32 heavy (non-hydrogen) atoms. The van der Waals surface area contributed by atoms with Crippen LogP contribution >= 0.6 is 22.7 Å². The van der Waals surface area contributed by atoms with Crippen molar-refractivity contribution in [3.63, 3.8) is 0 Å². The highest BCUT2D eigenvalue weighted by Crippen LogP contribution is 2.32. The van der Waals surface area contributed by atoms with E-state index in [0.717, 1.165) is 52.7 Å². The minimum Gasteiger partial charge on any atom is -0.350 e. The van der Waals surface area contributed by atoms with E-state index in [1.807, 2.05) is 32.2 Å². The highest BCUT2D eigenvalue weighted by atomic mass is 32.1. The lowest BCUT2D eigenvalue weighted by Crippen LogP contribution is -2.32. The number of aromatic nitrogens is 3. The SMILES string of the molecule is CCc1cc(-c2nc(-c3cc(C(=O)NC(C)CC)c(C)n3Cc3cccs3)cs2)ccn1. The van der Waals surface area contributed by atoms with Crippen molar-refractivity contribution in [1.29, 1.82) is 0 Å². The molecule has 1 amide bonds. The molecule has 0 saturated carbocycles. The molecular weight excluding hydrogens is 436 g/mol. The quantitative estimate of drug-likeness (QED) is 0.339. The fourth-order valence-electron chi connectivity index (χ4n) is 3.58. The van der Waals surface area contributed by atoms with Gasteiger partial charge in [0.05, 0.1) is 23.5 Å². The topological polar surface area (TPSA) is 59.8 Å². The third kappa shape index (κ3) is 4.69. The summed E-state index contributed by atoms with van der Waals surface area (Å²) in [4.78, 5) is 23.6. The number of carbonyl (C=O) groups excluding carboxylic acids is 1. The van der Waals surface area contributed by atoms with Crippen LogP contribution in [0.25, 0.3) is 22.0 Å². The summed E-state index contributed by atoms with van der Waals surface area (Å²) in [6, 6.07) is 10.4. The van der Waals surface area contributed by atoms with Gasteiger partial charge in [0.15, 0.2) is 0 Å². The number of rotatable bonds is 8. The van der Waals surface area contributed by atoms with Gasteiger partial charge in [0, 0.05) is 39.4 Å². The molecule has 1 N–H and O–H groups in total. The summed E-state index contributed by atoms with van der Waals surface area (Å²) in [7, 11) is 0. The molecule has 0 fully saturated rings. The first-order chi connectivity index (χ1) is 15.5. The number of hydrogen-bond acceptors (Lipinski definition) is 5. The molecule has 0 saturated heterocycles. The van der Waals surface area contributed by atoms with E-state index in [9.17, 15) is 4.79 Å². The molecule has 0 aliphatic carbocycles. The average Bonchev–Trinajstić information content (AvgIpc) is 3.55. The van der Waals surface area contributed by atoms with Crippen LogP contribution in [0.15, 0.2) is 47.3 Å². The molecule has 0 bridgehead atoms. The van der Waals surface area contributed by atoms with Crippen LogP contribution in [-0.4, -0.2) is 26.5 Å². The van der Waals surface area contributed by atoms with Crippen molar-refractivity contribution >= 4 is 28.6 Å². The minimum atomic E-state index is -0.0276. The van der Waals surface area contributed by atoms with Crippen molar-refractivity contribution in [2.75, 3.05) is 0 Å². The van der Waals surface area contributed by atoms with Crippen LogP contribution in [-0.2, 0) is 13.0 Å². The Morgan fingerprint density at radius 2 is 2.06 bits per heavy atom. The summed E-state index contributed by atoms with van der Waals surface area (Å²) < 4.78 is 2.21. The standard InChI is InChI=1S/C25H28N4OS2/c1-5-16(3)27-24(30)21-13-23(29(17(21)4)14-20-8-7-11-31-20)22-15-32-25(28-22)18-9-10-26-19(6-2)12-18/h7-13,15-16H,5-6,14H2,1-4H3,(H,27,30). The van der Waals surface area contributed by atoms with Crippen LogP contribution in [0, 0.1) is 6.92 Å². The van der Waals surface area contributed by atoms with Crippen LogP contribution < -0.4 is 5.32 Å². The van der Waals surface area contributed by atoms with E-state index < -0.39 is 0 Å². The van der Waals surface area contributed by atoms with Crippen molar-refractivity contribution in [3.05, 3.63) is 69.1 Å². The first-order valence-electron chi connectivity index (χ1n) is 10.9. The van der Waals surface area contributed by atoms with Gasteiger partial charge in [0.1, 0.15) is 5.01 Å². The summed E-state index contributed by atoms with van der Waals surface area (Å²) in [6.45, 7) is 8.95. The van der Waals surface area contributed by atoms with Gasteiger partial charge in [0.2, 0.25) is 0 Å². The number of hydrogen-bond donors (Lipinski definition) is 1. The number of thiazole rings is 1. The van der Waals surface area contributed by atoms with Crippen LogP contribution in [0.2, 0.25) is 0 Å². The Bertz CT molecular complexity index is 1210. The van der Waals surface area contributed by atoms with Gasteiger partial charge < -0.3 is 9.88 Å². The van der Waals surface area contributed by atoms with Crippen LogP contribution in [0.1, 0.15) is 53.8 Å². The molecule has 7 heteroatoms. The molecule has 0 aromatic carbocycles.